The maximum atomic E-state index is 12.0. The maximum absolute atomic E-state index is 12.0. The molecule has 1 aromatic rings. The third-order valence-electron chi connectivity index (χ3n) is 4.32. The molecule has 0 aliphatic heterocycles. The number of Topliss-reactive ketones (excluding diaryl/α,β-unsaturated/α-hetero) is 1. The lowest BCUT2D eigenvalue weighted by Gasteiger charge is -2.16. The van der Waals surface area contributed by atoms with Crippen molar-refractivity contribution in [1.82, 2.24) is 0 Å². The number of aliphatic hydroxyl groups excluding tert-OH is 1. The molecule has 29 heavy (non-hydrogen) atoms. The van der Waals surface area contributed by atoms with Crippen LogP contribution < -0.4 is 0 Å². The lowest BCUT2D eigenvalue weighted by molar-refractivity contribution is -0.113. The first-order valence-corrected chi connectivity index (χ1v) is 10.2. The van der Waals surface area contributed by atoms with E-state index in [1.54, 1.807) is 38.1 Å². The normalized spacial score (nSPS) is 14.7. The molecule has 0 fully saturated rings. The number of ketones is 1. The number of rotatable bonds is 8. The number of carbonyl (C=O) groups is 1. The van der Waals surface area contributed by atoms with Gasteiger partial charge in [0.15, 0.2) is 5.78 Å². The second kappa shape index (κ2) is 10.0. The largest absolute Gasteiger partial charge is 0.512 e. The summed E-state index contributed by atoms with van der Waals surface area (Å²) in [4.78, 5) is 11.5. The first kappa shape index (κ1) is 24.1. The molecule has 0 unspecified atom stereocenters. The van der Waals surface area contributed by atoms with E-state index >= 15 is 0 Å². The zero-order chi connectivity index (χ0) is 22.4. The minimum atomic E-state index is -4.53. The second-order valence-corrected chi connectivity index (χ2v) is 7.85. The first-order valence-electron chi connectivity index (χ1n) is 8.77. The van der Waals surface area contributed by atoms with Gasteiger partial charge in [0.25, 0.3) is 10.1 Å². The Hall–Kier alpha value is -2.96. The fourth-order valence-electron chi connectivity index (χ4n) is 2.51. The molecule has 0 saturated carbocycles. The van der Waals surface area contributed by atoms with Gasteiger partial charge in [-0.25, -0.2) is 0 Å². The molecule has 5 nitrogen and oxygen atoms in total. The Labute approximate surface area is 172 Å². The highest BCUT2D eigenvalue weighted by molar-refractivity contribution is 7.86. The molecule has 0 aromatic heterocycles. The van der Waals surface area contributed by atoms with Crippen LogP contribution in [0, 0.1) is 0 Å². The first-order chi connectivity index (χ1) is 13.4. The van der Waals surface area contributed by atoms with Crippen molar-refractivity contribution in [3.05, 3.63) is 95.3 Å². The average Bonchev–Trinajstić information content (AvgIpc) is 2.65. The molecule has 0 aliphatic rings. The van der Waals surface area contributed by atoms with Crippen LogP contribution in [0.2, 0.25) is 0 Å². The van der Waals surface area contributed by atoms with Crippen LogP contribution in [-0.2, 0) is 14.9 Å². The highest BCUT2D eigenvalue weighted by Gasteiger charge is 2.21. The molecule has 0 aliphatic carbocycles. The molecule has 0 heterocycles. The van der Waals surface area contributed by atoms with Crippen LogP contribution >= 0.6 is 0 Å². The quantitative estimate of drug-likeness (QED) is 0.258. The van der Waals surface area contributed by atoms with E-state index in [4.69, 9.17) is 0 Å². The fraction of sp³-hybridized carbons (Fsp3) is 0.174. The van der Waals surface area contributed by atoms with Gasteiger partial charge in [-0.2, -0.15) is 8.42 Å². The summed E-state index contributed by atoms with van der Waals surface area (Å²) in [6.45, 7) is 13.9. The number of hydrogen-bond donors (Lipinski definition) is 2. The predicted molar refractivity (Wildman–Crippen MR) is 117 cm³/mol. The second-order valence-electron chi connectivity index (χ2n) is 6.46. The van der Waals surface area contributed by atoms with Crippen molar-refractivity contribution in [3.8, 4) is 0 Å². The van der Waals surface area contributed by atoms with E-state index in [2.05, 4.69) is 13.2 Å². The van der Waals surface area contributed by atoms with Crippen molar-refractivity contribution in [1.29, 1.82) is 0 Å². The molecule has 0 bridgehead atoms. The minimum absolute atomic E-state index is 0.0855. The molecular weight excluding hydrogens is 388 g/mol. The monoisotopic (exact) mass is 414 g/mol. The van der Waals surface area contributed by atoms with Gasteiger partial charge in [0.1, 0.15) is 4.90 Å². The standard InChI is InChI=1S/C23H26O5S/c1-7-19(13-15(3)17(5)24)23(20(8-2)14-16(4)18(6)25)21-11-9-10-12-22(21)29(26,27)28/h7-14,24H,1-2H2,3-6H3,(H,26,27,28). The van der Waals surface area contributed by atoms with Crippen molar-refractivity contribution in [2.45, 2.75) is 32.6 Å². The molecule has 0 spiro atoms. The van der Waals surface area contributed by atoms with Gasteiger partial charge >= 0.3 is 0 Å². The van der Waals surface area contributed by atoms with E-state index in [9.17, 15) is 22.9 Å². The summed E-state index contributed by atoms with van der Waals surface area (Å²) >= 11 is 0. The van der Waals surface area contributed by atoms with Gasteiger partial charge in [-0.05, 0) is 73.8 Å². The topological polar surface area (TPSA) is 91.7 Å². The van der Waals surface area contributed by atoms with Crippen molar-refractivity contribution >= 4 is 21.5 Å². The Morgan fingerprint density at radius 3 is 2.03 bits per heavy atom. The Balaban J connectivity index is 4.17. The van der Waals surface area contributed by atoms with Crippen molar-refractivity contribution in [3.63, 3.8) is 0 Å². The number of benzene rings is 1. The summed E-state index contributed by atoms with van der Waals surface area (Å²) in [7, 11) is -4.53. The zero-order valence-corrected chi connectivity index (χ0v) is 17.9. The maximum Gasteiger partial charge on any atom is 0.295 e. The molecule has 2 N–H and O–H groups in total. The number of aliphatic hydroxyl groups is 1. The molecule has 0 amide bonds. The van der Waals surface area contributed by atoms with E-state index in [1.165, 1.54) is 38.1 Å². The molecule has 0 atom stereocenters. The van der Waals surface area contributed by atoms with Crippen molar-refractivity contribution in [2.24, 2.45) is 0 Å². The van der Waals surface area contributed by atoms with Crippen LogP contribution in [0.3, 0.4) is 0 Å². The zero-order valence-electron chi connectivity index (χ0n) is 17.1. The predicted octanol–water partition coefficient (Wildman–Crippen LogP) is 5.37. The van der Waals surface area contributed by atoms with Crippen LogP contribution in [0.4, 0.5) is 0 Å². The highest BCUT2D eigenvalue weighted by atomic mass is 32.2. The Bertz CT molecular complexity index is 1060. The molecule has 1 aromatic carbocycles. The van der Waals surface area contributed by atoms with Gasteiger partial charge in [0.2, 0.25) is 0 Å². The van der Waals surface area contributed by atoms with Gasteiger partial charge in [-0.1, -0.05) is 43.5 Å². The minimum Gasteiger partial charge on any atom is -0.512 e. The summed E-state index contributed by atoms with van der Waals surface area (Å²) in [5.41, 5.74) is 2.53. The summed E-state index contributed by atoms with van der Waals surface area (Å²) in [6, 6.07) is 5.95. The third-order valence-corrected chi connectivity index (χ3v) is 5.23. The van der Waals surface area contributed by atoms with E-state index in [-0.39, 0.29) is 22.0 Å². The van der Waals surface area contributed by atoms with Crippen LogP contribution in [0.5, 0.6) is 0 Å². The summed E-state index contributed by atoms with van der Waals surface area (Å²) in [5.74, 6) is -0.0689. The van der Waals surface area contributed by atoms with Gasteiger partial charge in [0.05, 0.1) is 5.76 Å². The Morgan fingerprint density at radius 1 is 1.00 bits per heavy atom. The number of hydrogen-bond acceptors (Lipinski definition) is 4. The van der Waals surface area contributed by atoms with Gasteiger partial charge in [0, 0.05) is 5.56 Å². The molecule has 0 saturated heterocycles. The molecule has 0 radical (unpaired) electrons. The van der Waals surface area contributed by atoms with Crippen LogP contribution in [-0.4, -0.2) is 23.9 Å². The van der Waals surface area contributed by atoms with Gasteiger partial charge in [-0.3, -0.25) is 9.35 Å². The van der Waals surface area contributed by atoms with Gasteiger partial charge < -0.3 is 5.11 Å². The summed E-state index contributed by atoms with van der Waals surface area (Å²) < 4.78 is 33.7. The van der Waals surface area contributed by atoms with E-state index in [0.29, 0.717) is 27.9 Å². The Kier molecular flexibility index (Phi) is 8.30. The number of allylic oxidation sites excluding steroid dienone is 10. The average molecular weight is 415 g/mol. The van der Waals surface area contributed by atoms with E-state index in [0.717, 1.165) is 0 Å². The fourth-order valence-corrected chi connectivity index (χ4v) is 3.21. The lowest BCUT2D eigenvalue weighted by atomic mass is 9.90. The lowest BCUT2D eigenvalue weighted by Crippen LogP contribution is -2.05. The SMILES string of the molecule is C=CC(=CC(C)=C(C)O)C(=C(C=C)C=C(C)C(C)=O)c1ccccc1S(=O)(=O)O. The smallest absolute Gasteiger partial charge is 0.295 e. The van der Waals surface area contributed by atoms with E-state index in [1.807, 2.05) is 0 Å². The third kappa shape index (κ3) is 6.27. The number of carbonyl (C=O) groups excluding carboxylic acids is 1. The highest BCUT2D eigenvalue weighted by Crippen LogP contribution is 2.34. The molecule has 6 heteroatoms. The van der Waals surface area contributed by atoms with Crippen molar-refractivity contribution < 1.29 is 22.9 Å². The van der Waals surface area contributed by atoms with Crippen LogP contribution in [0.25, 0.3) is 5.57 Å². The molecular formula is C23H26O5S. The van der Waals surface area contributed by atoms with Crippen molar-refractivity contribution in [2.75, 3.05) is 0 Å². The van der Waals surface area contributed by atoms with Crippen LogP contribution in [0.15, 0.2) is 94.7 Å². The van der Waals surface area contributed by atoms with E-state index < -0.39 is 10.1 Å². The van der Waals surface area contributed by atoms with Crippen LogP contribution in [0.1, 0.15) is 33.3 Å². The van der Waals surface area contributed by atoms with Gasteiger partial charge in [-0.15, -0.1) is 0 Å². The summed E-state index contributed by atoms with van der Waals surface area (Å²) in [5, 5.41) is 9.79. The Morgan fingerprint density at radius 2 is 1.59 bits per heavy atom. The molecule has 154 valence electrons. The molecule has 1 rings (SSSR count). The summed E-state index contributed by atoms with van der Waals surface area (Å²) in [6.07, 6.45) is 6.22.